The van der Waals surface area contributed by atoms with E-state index in [1.54, 1.807) is 21.3 Å². The zero-order valence-electron chi connectivity index (χ0n) is 12.2. The Morgan fingerprint density at radius 3 is 2.16 bits per heavy atom. The molecule has 0 saturated carbocycles. The lowest BCUT2D eigenvalue weighted by Crippen LogP contribution is -2.13. The SMILES string of the molecule is CCCNCC=Cc1c(OC)cc(OC)cc1OC. The molecule has 19 heavy (non-hydrogen) atoms. The van der Waals surface area contributed by atoms with Crippen molar-refractivity contribution >= 4 is 6.08 Å². The average molecular weight is 265 g/mol. The lowest BCUT2D eigenvalue weighted by molar-refractivity contribution is 0.374. The smallest absolute Gasteiger partial charge is 0.133 e. The number of ether oxygens (including phenoxy) is 3. The number of hydrogen-bond donors (Lipinski definition) is 1. The maximum atomic E-state index is 5.38. The van der Waals surface area contributed by atoms with Crippen molar-refractivity contribution in [1.82, 2.24) is 5.32 Å². The summed E-state index contributed by atoms with van der Waals surface area (Å²) in [5.41, 5.74) is 0.920. The second-order valence-electron chi connectivity index (χ2n) is 4.05. The van der Waals surface area contributed by atoms with E-state index in [1.165, 1.54) is 0 Å². The monoisotopic (exact) mass is 265 g/mol. The number of rotatable bonds is 8. The van der Waals surface area contributed by atoms with Crippen LogP contribution in [0, 0.1) is 0 Å². The predicted octanol–water partition coefficient (Wildman–Crippen LogP) is 2.73. The molecule has 4 heteroatoms. The van der Waals surface area contributed by atoms with E-state index in [0.717, 1.165) is 42.3 Å². The normalized spacial score (nSPS) is 10.7. The van der Waals surface area contributed by atoms with Gasteiger partial charge in [-0.15, -0.1) is 0 Å². The van der Waals surface area contributed by atoms with Gasteiger partial charge in [0.2, 0.25) is 0 Å². The number of hydrogen-bond acceptors (Lipinski definition) is 4. The second kappa shape index (κ2) is 8.43. The van der Waals surface area contributed by atoms with Gasteiger partial charge in [-0.1, -0.05) is 19.1 Å². The van der Waals surface area contributed by atoms with Gasteiger partial charge in [0.1, 0.15) is 17.2 Å². The first kappa shape index (κ1) is 15.4. The van der Waals surface area contributed by atoms with Crippen LogP contribution >= 0.6 is 0 Å². The molecule has 1 aromatic carbocycles. The minimum atomic E-state index is 0.718. The third-order valence-corrected chi connectivity index (χ3v) is 2.73. The van der Waals surface area contributed by atoms with Crippen LogP contribution in [-0.4, -0.2) is 34.4 Å². The van der Waals surface area contributed by atoms with Crippen molar-refractivity contribution in [2.45, 2.75) is 13.3 Å². The van der Waals surface area contributed by atoms with Crippen LogP contribution in [0.5, 0.6) is 17.2 Å². The Bertz CT molecular complexity index is 391. The minimum absolute atomic E-state index is 0.718. The molecule has 0 spiro atoms. The Kier molecular flexibility index (Phi) is 6.82. The lowest BCUT2D eigenvalue weighted by atomic mass is 10.1. The summed E-state index contributed by atoms with van der Waals surface area (Å²) >= 11 is 0. The third kappa shape index (κ3) is 4.48. The van der Waals surface area contributed by atoms with E-state index in [-0.39, 0.29) is 0 Å². The molecule has 0 aliphatic heterocycles. The highest BCUT2D eigenvalue weighted by Crippen LogP contribution is 2.34. The fourth-order valence-corrected chi connectivity index (χ4v) is 1.74. The zero-order chi connectivity index (χ0) is 14.1. The molecule has 0 amide bonds. The quantitative estimate of drug-likeness (QED) is 0.734. The molecule has 0 aromatic heterocycles. The van der Waals surface area contributed by atoms with Crippen LogP contribution in [-0.2, 0) is 0 Å². The molecule has 0 bridgehead atoms. The standard InChI is InChI=1S/C15H23NO3/c1-5-8-16-9-6-7-13-14(18-3)10-12(17-2)11-15(13)19-4/h6-7,10-11,16H,5,8-9H2,1-4H3. The first-order chi connectivity index (χ1) is 9.26. The van der Waals surface area contributed by atoms with Gasteiger partial charge in [-0.2, -0.15) is 0 Å². The highest BCUT2D eigenvalue weighted by Gasteiger charge is 2.10. The first-order valence-corrected chi connectivity index (χ1v) is 6.44. The number of benzene rings is 1. The van der Waals surface area contributed by atoms with Gasteiger partial charge in [0.15, 0.2) is 0 Å². The largest absolute Gasteiger partial charge is 0.496 e. The fraction of sp³-hybridized carbons (Fsp3) is 0.467. The molecule has 0 aliphatic carbocycles. The van der Waals surface area contributed by atoms with Crippen LogP contribution in [0.2, 0.25) is 0 Å². The summed E-state index contributed by atoms with van der Waals surface area (Å²) in [7, 11) is 4.90. The predicted molar refractivity (Wildman–Crippen MR) is 78.3 cm³/mol. The molecule has 1 aromatic rings. The maximum Gasteiger partial charge on any atom is 0.133 e. The van der Waals surface area contributed by atoms with Crippen molar-refractivity contribution in [1.29, 1.82) is 0 Å². The third-order valence-electron chi connectivity index (χ3n) is 2.73. The molecule has 0 unspecified atom stereocenters. The Balaban J connectivity index is 2.90. The van der Waals surface area contributed by atoms with E-state index in [9.17, 15) is 0 Å². The van der Waals surface area contributed by atoms with Crippen LogP contribution in [0.15, 0.2) is 18.2 Å². The Hall–Kier alpha value is -1.68. The van der Waals surface area contributed by atoms with Crippen LogP contribution < -0.4 is 19.5 Å². The molecule has 1 rings (SSSR count). The van der Waals surface area contributed by atoms with Gasteiger partial charge in [-0.05, 0) is 13.0 Å². The van der Waals surface area contributed by atoms with Gasteiger partial charge >= 0.3 is 0 Å². The topological polar surface area (TPSA) is 39.7 Å². The summed E-state index contributed by atoms with van der Waals surface area (Å²) in [6, 6.07) is 3.70. The van der Waals surface area contributed by atoms with Crippen molar-refractivity contribution in [2.24, 2.45) is 0 Å². The van der Waals surface area contributed by atoms with E-state index in [2.05, 4.69) is 18.3 Å². The lowest BCUT2D eigenvalue weighted by Gasteiger charge is -2.12. The van der Waals surface area contributed by atoms with E-state index in [4.69, 9.17) is 14.2 Å². The molecule has 0 fully saturated rings. The molecular weight excluding hydrogens is 242 g/mol. The second-order valence-corrected chi connectivity index (χ2v) is 4.05. The van der Waals surface area contributed by atoms with Gasteiger partial charge in [0.05, 0.1) is 26.9 Å². The maximum absolute atomic E-state index is 5.38. The molecule has 0 radical (unpaired) electrons. The van der Waals surface area contributed by atoms with Crippen molar-refractivity contribution in [3.05, 3.63) is 23.8 Å². The Morgan fingerprint density at radius 2 is 1.68 bits per heavy atom. The van der Waals surface area contributed by atoms with Crippen molar-refractivity contribution in [2.75, 3.05) is 34.4 Å². The zero-order valence-corrected chi connectivity index (χ0v) is 12.2. The van der Waals surface area contributed by atoms with E-state index in [1.807, 2.05) is 18.2 Å². The highest BCUT2D eigenvalue weighted by molar-refractivity contribution is 5.66. The highest BCUT2D eigenvalue weighted by atomic mass is 16.5. The average Bonchev–Trinajstić information content (AvgIpc) is 2.46. The van der Waals surface area contributed by atoms with Gasteiger partial charge in [-0.25, -0.2) is 0 Å². The van der Waals surface area contributed by atoms with Crippen LogP contribution in [0.3, 0.4) is 0 Å². The van der Waals surface area contributed by atoms with Gasteiger partial charge in [0, 0.05) is 18.7 Å². The van der Waals surface area contributed by atoms with Crippen molar-refractivity contribution < 1.29 is 14.2 Å². The molecule has 0 aliphatic rings. The molecule has 1 N–H and O–H groups in total. The number of nitrogens with one attached hydrogen (secondary N) is 1. The molecule has 0 saturated heterocycles. The summed E-state index contributed by atoms with van der Waals surface area (Å²) in [6.07, 6.45) is 5.19. The molecule has 4 nitrogen and oxygen atoms in total. The first-order valence-electron chi connectivity index (χ1n) is 6.44. The van der Waals surface area contributed by atoms with Gasteiger partial charge in [-0.3, -0.25) is 0 Å². The molecule has 106 valence electrons. The fourth-order valence-electron chi connectivity index (χ4n) is 1.74. The molecule has 0 heterocycles. The Morgan fingerprint density at radius 1 is 1.05 bits per heavy atom. The van der Waals surface area contributed by atoms with E-state index < -0.39 is 0 Å². The Labute approximate surface area is 115 Å². The summed E-state index contributed by atoms with van der Waals surface area (Å²) in [6.45, 7) is 3.99. The van der Waals surface area contributed by atoms with Crippen LogP contribution in [0.1, 0.15) is 18.9 Å². The number of methoxy groups -OCH3 is 3. The van der Waals surface area contributed by atoms with Crippen LogP contribution in [0.25, 0.3) is 6.08 Å². The van der Waals surface area contributed by atoms with E-state index >= 15 is 0 Å². The van der Waals surface area contributed by atoms with Crippen molar-refractivity contribution in [3.63, 3.8) is 0 Å². The van der Waals surface area contributed by atoms with E-state index in [0.29, 0.717) is 0 Å². The summed E-state index contributed by atoms with van der Waals surface area (Å²) in [4.78, 5) is 0. The summed E-state index contributed by atoms with van der Waals surface area (Å²) in [5.74, 6) is 2.20. The minimum Gasteiger partial charge on any atom is -0.496 e. The van der Waals surface area contributed by atoms with Gasteiger partial charge < -0.3 is 19.5 Å². The van der Waals surface area contributed by atoms with Crippen molar-refractivity contribution in [3.8, 4) is 17.2 Å². The molecular formula is C15H23NO3. The summed E-state index contributed by atoms with van der Waals surface area (Å²) < 4.78 is 16.0. The van der Waals surface area contributed by atoms with Crippen LogP contribution in [0.4, 0.5) is 0 Å². The van der Waals surface area contributed by atoms with Gasteiger partial charge in [0.25, 0.3) is 0 Å². The summed E-state index contributed by atoms with van der Waals surface area (Å²) in [5, 5.41) is 3.31. The molecule has 0 atom stereocenters.